The first-order chi connectivity index (χ1) is 27.6. The van der Waals surface area contributed by atoms with Crippen LogP contribution in [-0.2, 0) is 35.8 Å². The van der Waals surface area contributed by atoms with E-state index in [2.05, 4.69) is 51.3 Å². The minimum absolute atomic E-state index is 0.159. The van der Waals surface area contributed by atoms with Crippen molar-refractivity contribution in [3.05, 3.63) is 59.0 Å². The minimum atomic E-state index is -0.733. The van der Waals surface area contributed by atoms with Crippen LogP contribution in [0.2, 0.25) is 0 Å². The van der Waals surface area contributed by atoms with Gasteiger partial charge in [-0.2, -0.15) is 0 Å². The van der Waals surface area contributed by atoms with Crippen molar-refractivity contribution in [2.75, 3.05) is 40.5 Å². The monoisotopic (exact) mass is 778 g/mol. The molecule has 3 saturated heterocycles. The predicted octanol–water partition coefficient (Wildman–Crippen LogP) is 4.80. The van der Waals surface area contributed by atoms with Gasteiger partial charge in [-0.1, -0.05) is 24.3 Å². The summed E-state index contributed by atoms with van der Waals surface area (Å²) in [4.78, 5) is 67.9. The minimum Gasteiger partial charge on any atom is -0.453 e. The van der Waals surface area contributed by atoms with Gasteiger partial charge in [0, 0.05) is 24.2 Å². The smallest absolute Gasteiger partial charge is 0.407 e. The number of hydrogen-bond acceptors (Lipinski definition) is 10. The summed E-state index contributed by atoms with van der Waals surface area (Å²) >= 11 is 0. The van der Waals surface area contributed by atoms with E-state index in [9.17, 15) is 19.2 Å². The maximum atomic E-state index is 13.6. The van der Waals surface area contributed by atoms with Crippen LogP contribution in [0.1, 0.15) is 86.8 Å². The van der Waals surface area contributed by atoms with Gasteiger partial charge in [-0.25, -0.2) is 19.6 Å². The van der Waals surface area contributed by atoms with Crippen molar-refractivity contribution in [2.24, 2.45) is 10.9 Å². The Bertz CT molecular complexity index is 2160. The summed E-state index contributed by atoms with van der Waals surface area (Å²) in [6.07, 6.45) is 7.25. The molecule has 0 radical (unpaired) electrons. The van der Waals surface area contributed by atoms with E-state index in [0.717, 1.165) is 78.3 Å². The van der Waals surface area contributed by atoms with Crippen LogP contribution in [0, 0.1) is 5.92 Å². The third-order valence-corrected chi connectivity index (χ3v) is 13.1. The molecule has 300 valence electrons. The number of likely N-dealkylation sites (tertiary alicyclic amines) is 2. The molecule has 4 aliphatic heterocycles. The molecule has 4 fully saturated rings. The molecule has 15 nitrogen and oxygen atoms in total. The Labute approximate surface area is 331 Å². The zero-order valence-electron chi connectivity index (χ0n) is 32.9. The highest BCUT2D eigenvalue weighted by Gasteiger charge is 2.48. The molecule has 9 rings (SSSR count). The number of amidine groups is 1. The first-order valence-electron chi connectivity index (χ1n) is 20.2. The number of amides is 4. The van der Waals surface area contributed by atoms with Crippen molar-refractivity contribution < 1.29 is 33.4 Å². The van der Waals surface area contributed by atoms with Crippen molar-refractivity contribution in [3.63, 3.8) is 0 Å². The molecule has 3 aromatic rings. The highest BCUT2D eigenvalue weighted by Crippen LogP contribution is 2.56. The van der Waals surface area contributed by atoms with E-state index in [0.29, 0.717) is 38.1 Å². The number of carbonyl (C=O) groups is 4. The molecule has 2 aliphatic carbocycles. The number of aromatic nitrogens is 2. The molecule has 1 saturated carbocycles. The van der Waals surface area contributed by atoms with E-state index < -0.39 is 29.8 Å². The van der Waals surface area contributed by atoms with Gasteiger partial charge in [0.2, 0.25) is 11.8 Å². The largest absolute Gasteiger partial charge is 0.453 e. The number of alkyl carbamates (subject to hydrolysis) is 2. The molecule has 4 N–H and O–H groups in total. The number of imidazole rings is 1. The number of carbonyl (C=O) groups excluding carboxylic acids is 4. The molecule has 57 heavy (non-hydrogen) atoms. The zero-order chi connectivity index (χ0) is 39.6. The van der Waals surface area contributed by atoms with Crippen LogP contribution in [0.15, 0.2) is 41.5 Å². The van der Waals surface area contributed by atoms with Gasteiger partial charge in [-0.15, -0.1) is 0 Å². The number of nitrogens with zero attached hydrogens (tertiary/aromatic N) is 4. The van der Waals surface area contributed by atoms with Gasteiger partial charge in [-0.05, 0) is 98.9 Å². The molecule has 1 aromatic heterocycles. The number of aromatic amines is 1. The quantitative estimate of drug-likeness (QED) is 0.250. The number of hydrogen-bond donors (Lipinski definition) is 4. The second-order valence-electron chi connectivity index (χ2n) is 16.4. The predicted molar refractivity (Wildman–Crippen MR) is 210 cm³/mol. The Morgan fingerprint density at radius 2 is 1.54 bits per heavy atom. The van der Waals surface area contributed by atoms with Gasteiger partial charge < -0.3 is 44.9 Å². The summed E-state index contributed by atoms with van der Waals surface area (Å²) in [5, 5.41) is 8.92. The lowest BCUT2D eigenvalue weighted by atomic mass is 9.73. The number of H-pyrrole nitrogens is 1. The second-order valence-corrected chi connectivity index (χ2v) is 16.4. The van der Waals surface area contributed by atoms with Crippen molar-refractivity contribution >= 4 is 35.5 Å². The Kier molecular flexibility index (Phi) is 9.45. The first kappa shape index (κ1) is 37.2. The van der Waals surface area contributed by atoms with Gasteiger partial charge in [0.25, 0.3) is 0 Å². The summed E-state index contributed by atoms with van der Waals surface area (Å²) in [6.45, 7) is 5.55. The second kappa shape index (κ2) is 14.5. The Morgan fingerprint density at radius 3 is 2.18 bits per heavy atom. The van der Waals surface area contributed by atoms with Gasteiger partial charge in [-0.3, -0.25) is 9.59 Å². The zero-order valence-corrected chi connectivity index (χ0v) is 32.9. The van der Waals surface area contributed by atoms with Gasteiger partial charge in [0.15, 0.2) is 0 Å². The number of ether oxygens (including phenoxy) is 3. The van der Waals surface area contributed by atoms with Crippen LogP contribution in [0.5, 0.6) is 0 Å². The first-order valence-corrected chi connectivity index (χ1v) is 20.2. The van der Waals surface area contributed by atoms with E-state index in [-0.39, 0.29) is 23.9 Å². The van der Waals surface area contributed by atoms with E-state index in [4.69, 9.17) is 24.2 Å². The lowest BCUT2D eigenvalue weighted by Gasteiger charge is -2.47. The lowest BCUT2D eigenvalue weighted by molar-refractivity contribution is -0.134. The van der Waals surface area contributed by atoms with Crippen molar-refractivity contribution in [2.45, 2.75) is 94.4 Å². The fraction of sp³-hybridized carbons (Fsp3) is 0.524. The molecule has 15 heteroatoms. The van der Waals surface area contributed by atoms with E-state index >= 15 is 0 Å². The summed E-state index contributed by atoms with van der Waals surface area (Å²) in [7, 11) is 2.57. The van der Waals surface area contributed by atoms with Crippen LogP contribution < -0.4 is 16.0 Å². The summed E-state index contributed by atoms with van der Waals surface area (Å²) < 4.78 is 15.2. The maximum absolute atomic E-state index is 13.6. The fourth-order valence-corrected chi connectivity index (χ4v) is 9.99. The number of aliphatic imine (C=N–C) groups is 1. The van der Waals surface area contributed by atoms with Crippen molar-refractivity contribution in [3.8, 4) is 22.4 Å². The number of benzene rings is 2. The lowest BCUT2D eigenvalue weighted by Crippen LogP contribution is -2.64. The average Bonchev–Trinajstić information content (AvgIpc) is 4.02. The maximum Gasteiger partial charge on any atom is 0.407 e. The molecule has 0 bridgehead atoms. The van der Waals surface area contributed by atoms with Crippen molar-refractivity contribution in [1.82, 2.24) is 35.7 Å². The van der Waals surface area contributed by atoms with Crippen LogP contribution >= 0.6 is 0 Å². The van der Waals surface area contributed by atoms with Crippen LogP contribution in [-0.4, -0.2) is 108 Å². The molecule has 4 amide bonds. The molecular weight excluding hydrogens is 729 g/mol. The SMILES string of the molecule is COC(=O)N[C@@H](C)C(=O)N1CCCC1C1=Nc2cc(-c3ccc(-c4cnc([C@@H]5CCCN5C(=O)[C@H](C)NC(=O)OC)[nH]4)c4c3CC3CCC43)ccc2C2(COC2)N1. The number of fused-ring (bicyclic) bond motifs is 5. The Hall–Kier alpha value is -5.44. The summed E-state index contributed by atoms with van der Waals surface area (Å²) in [5.41, 5.74) is 8.73. The molecule has 2 aromatic carbocycles. The van der Waals surface area contributed by atoms with Crippen LogP contribution in [0.3, 0.4) is 0 Å². The fourth-order valence-electron chi connectivity index (χ4n) is 9.99. The molecule has 3 unspecified atom stereocenters. The van der Waals surface area contributed by atoms with Crippen LogP contribution in [0.25, 0.3) is 22.4 Å². The molecular formula is C42H50N8O7. The summed E-state index contributed by atoms with van der Waals surface area (Å²) in [5.74, 6) is 2.28. The standard InChI is InChI=1S/C42H50N8O7/c1-22(44-40(53)55-3)38(51)49-15-5-7-33(49)36-43-19-32(47-36)28-13-12-26(29-17-24-9-11-27(24)35(28)29)25-10-14-30-31(18-25)46-37(48-42(30)20-57-21-42)34-8-6-16-50(34)39(52)23(2)45-41(54)56-4/h10,12-14,18-19,22-24,27,33-34H,5-9,11,15-17,20-21H2,1-4H3,(H,43,47)(H,44,53)(H,45,54)(H,46,48)/t22-,23-,24?,27?,33-,34?/m0/s1. The average molecular weight is 779 g/mol. The highest BCUT2D eigenvalue weighted by molar-refractivity contribution is 5.98. The summed E-state index contributed by atoms with van der Waals surface area (Å²) in [6, 6.07) is 9.14. The molecule has 6 atom stereocenters. The van der Waals surface area contributed by atoms with E-state index in [1.165, 1.54) is 37.3 Å². The normalized spacial score (nSPS) is 24.8. The topological polar surface area (TPSA) is 180 Å². The number of nitrogens with one attached hydrogen (secondary N) is 4. The molecule has 1 spiro atoms. The third-order valence-electron chi connectivity index (χ3n) is 13.1. The van der Waals surface area contributed by atoms with Gasteiger partial charge in [0.05, 0.1) is 57.1 Å². The van der Waals surface area contributed by atoms with Crippen LogP contribution in [0.4, 0.5) is 15.3 Å². The number of methoxy groups -OCH3 is 2. The number of rotatable bonds is 8. The van der Waals surface area contributed by atoms with Gasteiger partial charge in [0.1, 0.15) is 29.3 Å². The van der Waals surface area contributed by atoms with E-state index in [1.807, 2.05) is 16.0 Å². The van der Waals surface area contributed by atoms with Crippen molar-refractivity contribution in [1.29, 1.82) is 0 Å². The Morgan fingerprint density at radius 1 is 0.877 bits per heavy atom. The molecule has 6 aliphatic rings. The van der Waals surface area contributed by atoms with Gasteiger partial charge >= 0.3 is 12.2 Å². The Balaban J connectivity index is 1.02. The molecule has 5 heterocycles. The van der Waals surface area contributed by atoms with E-state index in [1.54, 1.807) is 13.8 Å². The highest BCUT2D eigenvalue weighted by atomic mass is 16.5. The third kappa shape index (κ3) is 6.30.